The number of hydrogen-bond acceptors (Lipinski definition) is 5. The van der Waals surface area contributed by atoms with E-state index in [4.69, 9.17) is 15.5 Å². The zero-order valence-corrected chi connectivity index (χ0v) is 17.1. The number of carbonyl (C=O) groups excluding carboxylic acids is 1. The predicted octanol–water partition coefficient (Wildman–Crippen LogP) is 2.92. The molecule has 1 aliphatic heterocycles. The average molecular weight is 413 g/mol. The highest BCUT2D eigenvalue weighted by molar-refractivity contribution is 5.94. The van der Waals surface area contributed by atoms with Gasteiger partial charge in [0.1, 0.15) is 11.3 Å². The van der Waals surface area contributed by atoms with Crippen LogP contribution in [0.2, 0.25) is 0 Å². The van der Waals surface area contributed by atoms with Crippen LogP contribution < -0.4 is 10.6 Å². The summed E-state index contributed by atoms with van der Waals surface area (Å²) in [5.74, 6) is -0.487. The molecule has 0 bridgehead atoms. The Hall–Kier alpha value is -3.71. The number of anilines is 1. The van der Waals surface area contributed by atoms with Crippen LogP contribution in [0.5, 0.6) is 0 Å². The van der Waals surface area contributed by atoms with E-state index in [1.165, 1.54) is 5.69 Å². The summed E-state index contributed by atoms with van der Waals surface area (Å²) in [6.45, 7) is 3.31. The van der Waals surface area contributed by atoms with Crippen LogP contribution >= 0.6 is 0 Å². The van der Waals surface area contributed by atoms with Crippen molar-refractivity contribution < 1.29 is 9.53 Å². The van der Waals surface area contributed by atoms with Gasteiger partial charge in [0.25, 0.3) is 5.91 Å². The lowest BCUT2D eigenvalue weighted by Gasteiger charge is -2.28. The molecule has 0 aliphatic carbocycles. The topological polar surface area (TPSA) is 85.8 Å². The van der Waals surface area contributed by atoms with Crippen LogP contribution in [0.15, 0.2) is 67.1 Å². The van der Waals surface area contributed by atoms with Crippen LogP contribution in [-0.4, -0.2) is 46.6 Å². The molecule has 1 aromatic carbocycles. The third-order valence-electron chi connectivity index (χ3n) is 5.63. The van der Waals surface area contributed by atoms with Gasteiger partial charge in [-0.3, -0.25) is 14.2 Å². The quantitative estimate of drug-likeness (QED) is 0.544. The summed E-state index contributed by atoms with van der Waals surface area (Å²) in [5, 5.41) is 0. The van der Waals surface area contributed by atoms with Gasteiger partial charge in [-0.2, -0.15) is 0 Å². The van der Waals surface area contributed by atoms with Gasteiger partial charge in [0.15, 0.2) is 0 Å². The van der Waals surface area contributed by atoms with Gasteiger partial charge in [0.05, 0.1) is 18.9 Å². The fourth-order valence-electron chi connectivity index (χ4n) is 4.10. The van der Waals surface area contributed by atoms with Crippen LogP contribution in [0.3, 0.4) is 0 Å². The number of imidazole rings is 1. The minimum absolute atomic E-state index is 0.420. The molecule has 1 aliphatic rings. The van der Waals surface area contributed by atoms with Crippen LogP contribution in [0.25, 0.3) is 16.8 Å². The van der Waals surface area contributed by atoms with E-state index in [-0.39, 0.29) is 0 Å². The summed E-state index contributed by atoms with van der Waals surface area (Å²) >= 11 is 0. The first kappa shape index (κ1) is 19.3. The van der Waals surface area contributed by atoms with E-state index in [2.05, 4.69) is 34.1 Å². The zero-order valence-electron chi connectivity index (χ0n) is 17.1. The Morgan fingerprint density at radius 2 is 1.77 bits per heavy atom. The number of benzene rings is 1. The normalized spacial score (nSPS) is 14.1. The maximum absolute atomic E-state index is 12.3. The van der Waals surface area contributed by atoms with Gasteiger partial charge in [-0.25, -0.2) is 4.98 Å². The molecule has 0 atom stereocenters. The first-order chi connectivity index (χ1) is 15.2. The maximum atomic E-state index is 12.3. The molecule has 31 heavy (non-hydrogen) atoms. The standard InChI is InChI=1S/C24H23N5O2/c25-23(30)22-21(16-17-3-5-19(6-4-17)28-12-14-31-15-13-28)27-24-20(2-1-11-29(22)24)18-7-9-26-10-8-18/h1-11H,12-16H2,(H2,25,30). The first-order valence-electron chi connectivity index (χ1n) is 10.3. The van der Waals surface area contributed by atoms with Crippen LogP contribution in [0.4, 0.5) is 5.69 Å². The van der Waals surface area contributed by atoms with Crippen molar-refractivity contribution >= 4 is 17.2 Å². The van der Waals surface area contributed by atoms with E-state index >= 15 is 0 Å². The molecule has 156 valence electrons. The molecule has 4 heterocycles. The molecule has 0 saturated carbocycles. The van der Waals surface area contributed by atoms with Gasteiger partial charge in [0.2, 0.25) is 0 Å². The Bertz CT molecular complexity index is 1210. The van der Waals surface area contributed by atoms with Crippen molar-refractivity contribution in [2.75, 3.05) is 31.2 Å². The second-order valence-electron chi connectivity index (χ2n) is 7.57. The molecule has 4 aromatic rings. The van der Waals surface area contributed by atoms with Crippen LogP contribution in [0.1, 0.15) is 21.7 Å². The van der Waals surface area contributed by atoms with E-state index in [0.29, 0.717) is 23.5 Å². The zero-order chi connectivity index (χ0) is 21.2. The van der Waals surface area contributed by atoms with Crippen molar-refractivity contribution in [3.63, 3.8) is 0 Å². The lowest BCUT2D eigenvalue weighted by Crippen LogP contribution is -2.36. The van der Waals surface area contributed by atoms with E-state index in [1.807, 2.05) is 30.5 Å². The van der Waals surface area contributed by atoms with Gasteiger partial charge in [-0.05, 0) is 47.5 Å². The van der Waals surface area contributed by atoms with Crippen molar-refractivity contribution in [2.45, 2.75) is 6.42 Å². The van der Waals surface area contributed by atoms with Crippen molar-refractivity contribution in [3.05, 3.63) is 84.1 Å². The summed E-state index contributed by atoms with van der Waals surface area (Å²) in [7, 11) is 0. The number of aromatic nitrogens is 3. The number of nitrogens with two attached hydrogens (primary N) is 1. The number of ether oxygens (including phenoxy) is 1. The molecular weight excluding hydrogens is 390 g/mol. The average Bonchev–Trinajstić information content (AvgIpc) is 3.19. The minimum atomic E-state index is -0.487. The lowest BCUT2D eigenvalue weighted by molar-refractivity contribution is 0.0994. The van der Waals surface area contributed by atoms with Crippen LogP contribution in [0, 0.1) is 0 Å². The Kier molecular flexibility index (Phi) is 5.09. The molecule has 1 amide bonds. The molecule has 1 fully saturated rings. The highest BCUT2D eigenvalue weighted by Gasteiger charge is 2.20. The molecule has 2 N–H and O–H groups in total. The number of morpholine rings is 1. The fourth-order valence-corrected chi connectivity index (χ4v) is 4.10. The fraction of sp³-hybridized carbons (Fsp3) is 0.208. The highest BCUT2D eigenvalue weighted by atomic mass is 16.5. The Labute approximate surface area is 180 Å². The number of hydrogen-bond donors (Lipinski definition) is 1. The van der Waals surface area contributed by atoms with Gasteiger partial charge >= 0.3 is 0 Å². The van der Waals surface area contributed by atoms with Crippen LogP contribution in [-0.2, 0) is 11.2 Å². The summed E-state index contributed by atoms with van der Waals surface area (Å²) in [5.41, 5.74) is 11.7. The number of fused-ring (bicyclic) bond motifs is 1. The monoisotopic (exact) mass is 413 g/mol. The maximum Gasteiger partial charge on any atom is 0.267 e. The SMILES string of the molecule is NC(=O)c1c(Cc2ccc(N3CCOCC3)cc2)nc2c(-c3ccncc3)cccn12. The van der Waals surface area contributed by atoms with E-state index < -0.39 is 5.91 Å². The van der Waals surface area contributed by atoms with Gasteiger partial charge < -0.3 is 15.4 Å². The van der Waals surface area contributed by atoms with Gasteiger partial charge in [0, 0.05) is 49.4 Å². The second kappa shape index (κ2) is 8.20. The van der Waals surface area contributed by atoms with Crippen molar-refractivity contribution in [1.82, 2.24) is 14.4 Å². The molecule has 0 radical (unpaired) electrons. The molecule has 0 unspecified atom stereocenters. The predicted molar refractivity (Wildman–Crippen MR) is 119 cm³/mol. The molecule has 7 heteroatoms. The number of rotatable bonds is 5. The van der Waals surface area contributed by atoms with Crippen molar-refractivity contribution in [2.24, 2.45) is 5.73 Å². The minimum Gasteiger partial charge on any atom is -0.378 e. The first-order valence-corrected chi connectivity index (χ1v) is 10.3. The largest absolute Gasteiger partial charge is 0.378 e. The van der Waals surface area contributed by atoms with Gasteiger partial charge in [-0.1, -0.05) is 12.1 Å². The van der Waals surface area contributed by atoms with E-state index in [1.54, 1.807) is 16.8 Å². The van der Waals surface area contributed by atoms with E-state index in [9.17, 15) is 4.79 Å². The number of primary amides is 1. The highest BCUT2D eigenvalue weighted by Crippen LogP contribution is 2.27. The van der Waals surface area contributed by atoms with Crippen molar-refractivity contribution in [1.29, 1.82) is 0 Å². The second-order valence-corrected chi connectivity index (χ2v) is 7.57. The van der Waals surface area contributed by atoms with Crippen molar-refractivity contribution in [3.8, 4) is 11.1 Å². The van der Waals surface area contributed by atoms with Gasteiger partial charge in [-0.15, -0.1) is 0 Å². The molecular formula is C24H23N5O2. The molecule has 3 aromatic heterocycles. The summed E-state index contributed by atoms with van der Waals surface area (Å²) in [6, 6.07) is 16.1. The molecule has 5 rings (SSSR count). The Morgan fingerprint density at radius 3 is 2.48 bits per heavy atom. The molecule has 0 spiro atoms. The third kappa shape index (κ3) is 3.75. The van der Waals surface area contributed by atoms with E-state index in [0.717, 1.165) is 43.0 Å². The number of carbonyl (C=O) groups is 1. The summed E-state index contributed by atoms with van der Waals surface area (Å²) in [4.78, 5) is 23.6. The molecule has 1 saturated heterocycles. The molecule has 7 nitrogen and oxygen atoms in total. The number of nitrogens with zero attached hydrogens (tertiary/aromatic N) is 4. The summed E-state index contributed by atoms with van der Waals surface area (Å²) < 4.78 is 7.22. The summed E-state index contributed by atoms with van der Waals surface area (Å²) in [6.07, 6.45) is 5.85. The Balaban J connectivity index is 1.51. The lowest BCUT2D eigenvalue weighted by atomic mass is 10.1. The number of pyridine rings is 2. The Morgan fingerprint density at radius 1 is 1.03 bits per heavy atom. The third-order valence-corrected chi connectivity index (χ3v) is 5.63. The number of amides is 1. The smallest absolute Gasteiger partial charge is 0.267 e.